The fourth-order valence-electron chi connectivity index (χ4n) is 1.61. The number of benzene rings is 1. The first-order valence-corrected chi connectivity index (χ1v) is 4.56. The summed E-state index contributed by atoms with van der Waals surface area (Å²) in [5, 5.41) is 9.72. The Morgan fingerprint density at radius 2 is 2.17 bits per heavy atom. The van der Waals surface area contributed by atoms with Crippen LogP contribution in [0.4, 0.5) is 0 Å². The van der Waals surface area contributed by atoms with Crippen LogP contribution in [-0.4, -0.2) is 11.7 Å². The summed E-state index contributed by atoms with van der Waals surface area (Å²) in [6.07, 6.45) is 1.08. The molecule has 0 radical (unpaired) electrons. The molecule has 1 aromatic rings. The van der Waals surface area contributed by atoms with Gasteiger partial charge in [0.05, 0.1) is 0 Å². The van der Waals surface area contributed by atoms with Gasteiger partial charge in [0.25, 0.3) is 0 Å². The lowest BCUT2D eigenvalue weighted by Crippen LogP contribution is -1.88. The Hall–Kier alpha value is -0.530. The van der Waals surface area contributed by atoms with Gasteiger partial charge in [-0.05, 0) is 29.9 Å². The molecule has 2 atom stereocenters. The lowest BCUT2D eigenvalue weighted by molar-refractivity contribution is 0.274. The molecule has 0 bridgehead atoms. The maximum absolute atomic E-state index is 8.89. The molecule has 1 fully saturated rings. The molecule has 0 heterocycles. The molecule has 1 saturated carbocycles. The van der Waals surface area contributed by atoms with Crippen LogP contribution in [0.2, 0.25) is 5.02 Å². The summed E-state index contributed by atoms with van der Waals surface area (Å²) in [6.45, 7) is 0.288. The Morgan fingerprint density at radius 3 is 2.75 bits per heavy atom. The van der Waals surface area contributed by atoms with Gasteiger partial charge in [-0.15, -0.1) is 0 Å². The molecule has 0 amide bonds. The quantitative estimate of drug-likeness (QED) is 0.745. The van der Waals surface area contributed by atoms with E-state index in [4.69, 9.17) is 16.7 Å². The van der Waals surface area contributed by atoms with Gasteiger partial charge in [-0.1, -0.05) is 29.8 Å². The molecule has 12 heavy (non-hydrogen) atoms. The number of rotatable bonds is 2. The molecule has 1 aromatic carbocycles. The van der Waals surface area contributed by atoms with Crippen molar-refractivity contribution in [2.45, 2.75) is 12.3 Å². The van der Waals surface area contributed by atoms with Crippen molar-refractivity contribution < 1.29 is 5.11 Å². The predicted octanol–water partition coefficient (Wildman–Crippen LogP) is 2.44. The summed E-state index contributed by atoms with van der Waals surface area (Å²) in [4.78, 5) is 0. The highest BCUT2D eigenvalue weighted by atomic mass is 35.5. The summed E-state index contributed by atoms with van der Waals surface area (Å²) >= 11 is 6.00. The van der Waals surface area contributed by atoms with Gasteiger partial charge < -0.3 is 5.11 Å². The van der Waals surface area contributed by atoms with E-state index < -0.39 is 0 Å². The van der Waals surface area contributed by atoms with Crippen molar-refractivity contribution in [3.8, 4) is 0 Å². The minimum atomic E-state index is 0.288. The second-order valence-corrected chi connectivity index (χ2v) is 3.71. The fraction of sp³-hybridized carbons (Fsp3) is 0.400. The van der Waals surface area contributed by atoms with E-state index in [9.17, 15) is 0 Å². The third-order valence-corrected chi connectivity index (χ3v) is 2.81. The van der Waals surface area contributed by atoms with Crippen LogP contribution in [-0.2, 0) is 0 Å². The summed E-state index contributed by atoms with van der Waals surface area (Å²) < 4.78 is 0. The third kappa shape index (κ3) is 1.35. The second-order valence-electron chi connectivity index (χ2n) is 3.31. The Balaban J connectivity index is 2.19. The van der Waals surface area contributed by atoms with E-state index in [0.29, 0.717) is 11.8 Å². The number of hydrogen-bond acceptors (Lipinski definition) is 1. The Kier molecular flexibility index (Phi) is 2.07. The summed E-state index contributed by atoms with van der Waals surface area (Å²) in [5.74, 6) is 0.952. The van der Waals surface area contributed by atoms with Crippen LogP contribution in [0, 0.1) is 5.92 Å². The molecular formula is C10H11ClO. The van der Waals surface area contributed by atoms with Gasteiger partial charge in [0, 0.05) is 11.6 Å². The Bertz CT molecular complexity index is 285. The van der Waals surface area contributed by atoms with Gasteiger partial charge in [-0.2, -0.15) is 0 Å². The van der Waals surface area contributed by atoms with Crippen molar-refractivity contribution in [3.63, 3.8) is 0 Å². The first kappa shape index (κ1) is 8.09. The van der Waals surface area contributed by atoms with Crippen molar-refractivity contribution in [1.29, 1.82) is 0 Å². The van der Waals surface area contributed by atoms with Crippen LogP contribution < -0.4 is 0 Å². The van der Waals surface area contributed by atoms with Crippen LogP contribution in [0.5, 0.6) is 0 Å². The number of aliphatic hydroxyl groups is 1. The van der Waals surface area contributed by atoms with E-state index in [1.807, 2.05) is 24.3 Å². The van der Waals surface area contributed by atoms with Crippen molar-refractivity contribution in [2.24, 2.45) is 5.92 Å². The third-order valence-electron chi connectivity index (χ3n) is 2.46. The summed E-state index contributed by atoms with van der Waals surface area (Å²) in [7, 11) is 0. The summed E-state index contributed by atoms with van der Waals surface area (Å²) in [6, 6.07) is 7.88. The SMILES string of the molecule is OC[C@H]1C[C@H]1c1ccccc1Cl. The second kappa shape index (κ2) is 3.08. The first-order valence-electron chi connectivity index (χ1n) is 4.18. The Morgan fingerprint density at radius 1 is 1.42 bits per heavy atom. The van der Waals surface area contributed by atoms with E-state index in [1.165, 1.54) is 5.56 Å². The van der Waals surface area contributed by atoms with E-state index >= 15 is 0 Å². The molecule has 0 saturated heterocycles. The molecule has 0 aliphatic heterocycles. The smallest absolute Gasteiger partial charge is 0.0465 e. The van der Waals surface area contributed by atoms with Gasteiger partial charge in [0.15, 0.2) is 0 Å². The van der Waals surface area contributed by atoms with Crippen molar-refractivity contribution in [3.05, 3.63) is 34.9 Å². The molecule has 1 aliphatic rings. The summed E-state index contributed by atoms with van der Waals surface area (Å²) in [5.41, 5.74) is 1.19. The minimum absolute atomic E-state index is 0.288. The van der Waals surface area contributed by atoms with E-state index in [0.717, 1.165) is 11.4 Å². The molecule has 0 spiro atoms. The monoisotopic (exact) mass is 182 g/mol. The van der Waals surface area contributed by atoms with Crippen molar-refractivity contribution >= 4 is 11.6 Å². The molecule has 2 heteroatoms. The lowest BCUT2D eigenvalue weighted by atomic mass is 10.1. The fourth-order valence-corrected chi connectivity index (χ4v) is 1.88. The predicted molar refractivity (Wildman–Crippen MR) is 49.4 cm³/mol. The van der Waals surface area contributed by atoms with Crippen LogP contribution in [0.1, 0.15) is 17.9 Å². The topological polar surface area (TPSA) is 20.2 Å². The molecule has 2 rings (SSSR count). The average Bonchev–Trinajstić information content (AvgIpc) is 2.84. The Labute approximate surface area is 77.0 Å². The molecule has 1 aliphatic carbocycles. The van der Waals surface area contributed by atoms with Crippen LogP contribution >= 0.6 is 11.6 Å². The van der Waals surface area contributed by atoms with Crippen molar-refractivity contribution in [2.75, 3.05) is 6.61 Å². The van der Waals surface area contributed by atoms with E-state index in [-0.39, 0.29) is 6.61 Å². The molecule has 0 aromatic heterocycles. The van der Waals surface area contributed by atoms with Crippen molar-refractivity contribution in [1.82, 2.24) is 0 Å². The maximum atomic E-state index is 8.89. The molecule has 1 N–H and O–H groups in total. The molecular weight excluding hydrogens is 172 g/mol. The van der Waals surface area contributed by atoms with Crippen LogP contribution in [0.15, 0.2) is 24.3 Å². The van der Waals surface area contributed by atoms with E-state index in [2.05, 4.69) is 0 Å². The minimum Gasteiger partial charge on any atom is -0.396 e. The number of aliphatic hydroxyl groups excluding tert-OH is 1. The maximum Gasteiger partial charge on any atom is 0.0465 e. The normalized spacial score (nSPS) is 27.2. The van der Waals surface area contributed by atoms with Crippen LogP contribution in [0.3, 0.4) is 0 Å². The van der Waals surface area contributed by atoms with Gasteiger partial charge in [-0.3, -0.25) is 0 Å². The average molecular weight is 183 g/mol. The van der Waals surface area contributed by atoms with Crippen LogP contribution in [0.25, 0.3) is 0 Å². The van der Waals surface area contributed by atoms with Gasteiger partial charge >= 0.3 is 0 Å². The molecule has 1 nitrogen and oxygen atoms in total. The first-order chi connectivity index (χ1) is 5.83. The van der Waals surface area contributed by atoms with Gasteiger partial charge in [0.1, 0.15) is 0 Å². The zero-order valence-electron chi connectivity index (χ0n) is 6.70. The molecule has 0 unspecified atom stereocenters. The zero-order valence-corrected chi connectivity index (χ0v) is 7.46. The zero-order chi connectivity index (χ0) is 8.55. The van der Waals surface area contributed by atoms with Gasteiger partial charge in [0.2, 0.25) is 0 Å². The number of hydrogen-bond donors (Lipinski definition) is 1. The highest BCUT2D eigenvalue weighted by molar-refractivity contribution is 6.31. The lowest BCUT2D eigenvalue weighted by Gasteiger charge is -2.00. The molecule has 64 valence electrons. The number of halogens is 1. The van der Waals surface area contributed by atoms with Gasteiger partial charge in [-0.25, -0.2) is 0 Å². The van der Waals surface area contributed by atoms with E-state index in [1.54, 1.807) is 0 Å². The standard InChI is InChI=1S/C10H11ClO/c11-10-4-2-1-3-8(10)9-5-7(9)6-12/h1-4,7,9,12H,5-6H2/t7-,9-/m1/s1. The largest absolute Gasteiger partial charge is 0.396 e. The highest BCUT2D eigenvalue weighted by Gasteiger charge is 2.38. The highest BCUT2D eigenvalue weighted by Crippen LogP contribution is 2.48.